The van der Waals surface area contributed by atoms with Gasteiger partial charge in [-0.1, -0.05) is 28.1 Å². The van der Waals surface area contributed by atoms with Crippen LogP contribution in [0, 0.1) is 5.82 Å². The topological polar surface area (TPSA) is 29.3 Å². The lowest BCUT2D eigenvalue weighted by atomic mass is 10.1. The van der Waals surface area contributed by atoms with Gasteiger partial charge in [-0.15, -0.1) is 0 Å². The van der Waals surface area contributed by atoms with Crippen LogP contribution < -0.4 is 5.73 Å². The third-order valence-corrected chi connectivity index (χ3v) is 3.27. The second-order valence-corrected chi connectivity index (χ2v) is 5.61. The van der Waals surface area contributed by atoms with Crippen molar-refractivity contribution in [3.8, 4) is 0 Å². The molecule has 0 aliphatic rings. The maximum Gasteiger partial charge on any atom is 0.125 e. The minimum absolute atomic E-state index is 0.286. The Balaban J connectivity index is 2.03. The van der Waals surface area contributed by atoms with Crippen molar-refractivity contribution in [2.45, 2.75) is 13.1 Å². The molecule has 0 aromatic heterocycles. The lowest BCUT2D eigenvalue weighted by Gasteiger charge is -2.17. The molecule has 0 radical (unpaired) electrons. The summed E-state index contributed by atoms with van der Waals surface area (Å²) in [6.45, 7) is 1.46. The molecule has 2 aromatic carbocycles. The molecule has 0 amide bonds. The first-order valence-corrected chi connectivity index (χ1v) is 6.80. The van der Waals surface area contributed by atoms with Gasteiger partial charge in [0.25, 0.3) is 0 Å². The van der Waals surface area contributed by atoms with Gasteiger partial charge < -0.3 is 5.73 Å². The van der Waals surface area contributed by atoms with Crippen molar-refractivity contribution in [2.75, 3.05) is 12.8 Å². The van der Waals surface area contributed by atoms with E-state index in [0.29, 0.717) is 12.2 Å². The van der Waals surface area contributed by atoms with E-state index in [1.807, 2.05) is 19.2 Å². The molecular weight excluding hydrogens is 307 g/mol. The van der Waals surface area contributed by atoms with Crippen LogP contribution in [0.3, 0.4) is 0 Å². The fraction of sp³-hybridized carbons (Fsp3) is 0.200. The Morgan fingerprint density at radius 1 is 1.11 bits per heavy atom. The smallest absolute Gasteiger partial charge is 0.125 e. The zero-order valence-corrected chi connectivity index (χ0v) is 12.3. The lowest BCUT2D eigenvalue weighted by Crippen LogP contribution is -2.17. The third kappa shape index (κ3) is 4.33. The number of hydrogen-bond donors (Lipinski definition) is 1. The Morgan fingerprint density at radius 3 is 2.53 bits per heavy atom. The molecule has 0 saturated carbocycles. The average Bonchev–Trinajstić information content (AvgIpc) is 2.26. The van der Waals surface area contributed by atoms with Gasteiger partial charge in [0.2, 0.25) is 0 Å². The van der Waals surface area contributed by atoms with Gasteiger partial charge in [0.05, 0.1) is 0 Å². The Hall–Kier alpha value is -1.39. The molecule has 0 spiro atoms. The first kappa shape index (κ1) is 14.0. The summed E-state index contributed by atoms with van der Waals surface area (Å²) >= 11 is 3.45. The summed E-state index contributed by atoms with van der Waals surface area (Å²) in [5.41, 5.74) is 8.20. The first-order chi connectivity index (χ1) is 9.02. The van der Waals surface area contributed by atoms with Crippen LogP contribution in [-0.2, 0) is 13.1 Å². The molecule has 2 N–H and O–H groups in total. The van der Waals surface area contributed by atoms with E-state index in [0.717, 1.165) is 16.6 Å². The van der Waals surface area contributed by atoms with Crippen LogP contribution in [0.4, 0.5) is 10.1 Å². The van der Waals surface area contributed by atoms with Crippen molar-refractivity contribution >= 4 is 21.6 Å². The van der Waals surface area contributed by atoms with Crippen molar-refractivity contribution in [2.24, 2.45) is 0 Å². The number of halogens is 2. The number of anilines is 1. The van der Waals surface area contributed by atoms with Gasteiger partial charge in [-0.2, -0.15) is 0 Å². The van der Waals surface area contributed by atoms with E-state index in [2.05, 4.69) is 33.0 Å². The predicted molar refractivity (Wildman–Crippen MR) is 80.1 cm³/mol. The fourth-order valence-electron chi connectivity index (χ4n) is 2.08. The SMILES string of the molecule is CN(Cc1cc(N)cc(F)c1)Cc1cccc(Br)c1. The quantitative estimate of drug-likeness (QED) is 0.867. The van der Waals surface area contributed by atoms with Crippen molar-refractivity contribution in [3.63, 3.8) is 0 Å². The summed E-state index contributed by atoms with van der Waals surface area (Å²) in [5.74, 6) is -0.286. The molecular formula is C15H16BrFN2. The molecule has 2 rings (SSSR count). The first-order valence-electron chi connectivity index (χ1n) is 6.01. The molecule has 100 valence electrons. The number of rotatable bonds is 4. The number of hydrogen-bond acceptors (Lipinski definition) is 2. The molecule has 0 saturated heterocycles. The Morgan fingerprint density at radius 2 is 1.84 bits per heavy atom. The summed E-state index contributed by atoms with van der Waals surface area (Å²) in [4.78, 5) is 2.12. The molecule has 2 aromatic rings. The van der Waals surface area contributed by atoms with Crippen LogP contribution in [0.15, 0.2) is 46.9 Å². The zero-order valence-electron chi connectivity index (χ0n) is 10.7. The maximum absolute atomic E-state index is 13.3. The largest absolute Gasteiger partial charge is 0.399 e. The van der Waals surface area contributed by atoms with Gasteiger partial charge in [-0.3, -0.25) is 4.90 Å². The van der Waals surface area contributed by atoms with E-state index in [1.54, 1.807) is 6.07 Å². The van der Waals surface area contributed by atoms with E-state index in [4.69, 9.17) is 5.73 Å². The molecule has 0 aliphatic carbocycles. The number of nitrogens with zero attached hydrogens (tertiary/aromatic N) is 1. The highest BCUT2D eigenvalue weighted by molar-refractivity contribution is 9.10. The molecule has 0 aliphatic heterocycles. The maximum atomic E-state index is 13.3. The molecule has 0 bridgehead atoms. The highest BCUT2D eigenvalue weighted by Gasteiger charge is 2.04. The van der Waals surface area contributed by atoms with Gasteiger partial charge in [0, 0.05) is 23.2 Å². The summed E-state index contributed by atoms with van der Waals surface area (Å²) in [6.07, 6.45) is 0. The molecule has 0 atom stereocenters. The molecule has 0 unspecified atom stereocenters. The molecule has 0 fully saturated rings. The van der Waals surface area contributed by atoms with E-state index in [9.17, 15) is 4.39 Å². The predicted octanol–water partition coefficient (Wildman–Crippen LogP) is 3.80. The van der Waals surface area contributed by atoms with Gasteiger partial charge >= 0.3 is 0 Å². The average molecular weight is 323 g/mol. The normalized spacial score (nSPS) is 10.9. The van der Waals surface area contributed by atoms with Gasteiger partial charge in [0.1, 0.15) is 5.82 Å². The second-order valence-electron chi connectivity index (χ2n) is 4.70. The second kappa shape index (κ2) is 6.17. The van der Waals surface area contributed by atoms with Crippen LogP contribution in [0.1, 0.15) is 11.1 Å². The highest BCUT2D eigenvalue weighted by atomic mass is 79.9. The van der Waals surface area contributed by atoms with Crippen molar-refractivity contribution in [3.05, 3.63) is 63.9 Å². The highest BCUT2D eigenvalue weighted by Crippen LogP contribution is 2.16. The molecule has 0 heterocycles. The van der Waals surface area contributed by atoms with E-state index in [1.165, 1.54) is 17.7 Å². The fourth-order valence-corrected chi connectivity index (χ4v) is 2.53. The lowest BCUT2D eigenvalue weighted by molar-refractivity contribution is 0.318. The minimum atomic E-state index is -0.286. The van der Waals surface area contributed by atoms with Gasteiger partial charge in [-0.05, 0) is 48.5 Å². The summed E-state index contributed by atoms with van der Waals surface area (Å²) in [6, 6.07) is 12.8. The van der Waals surface area contributed by atoms with Crippen LogP contribution in [0.25, 0.3) is 0 Å². The van der Waals surface area contributed by atoms with Crippen molar-refractivity contribution in [1.82, 2.24) is 4.90 Å². The Kier molecular flexibility index (Phi) is 4.56. The zero-order chi connectivity index (χ0) is 13.8. The van der Waals surface area contributed by atoms with Crippen LogP contribution in [0.5, 0.6) is 0 Å². The van der Waals surface area contributed by atoms with Crippen molar-refractivity contribution < 1.29 is 4.39 Å². The van der Waals surface area contributed by atoms with Gasteiger partial charge in [0.15, 0.2) is 0 Å². The van der Waals surface area contributed by atoms with Crippen LogP contribution >= 0.6 is 15.9 Å². The molecule has 19 heavy (non-hydrogen) atoms. The number of nitrogen functional groups attached to an aromatic ring is 1. The summed E-state index contributed by atoms with van der Waals surface area (Å²) < 4.78 is 14.3. The summed E-state index contributed by atoms with van der Waals surface area (Å²) in [5, 5.41) is 0. The number of nitrogens with two attached hydrogens (primary N) is 1. The van der Waals surface area contributed by atoms with E-state index in [-0.39, 0.29) is 5.82 Å². The summed E-state index contributed by atoms with van der Waals surface area (Å²) in [7, 11) is 2.00. The van der Waals surface area contributed by atoms with E-state index >= 15 is 0 Å². The molecule has 2 nitrogen and oxygen atoms in total. The number of benzene rings is 2. The third-order valence-electron chi connectivity index (χ3n) is 2.77. The van der Waals surface area contributed by atoms with E-state index < -0.39 is 0 Å². The molecule has 4 heteroatoms. The minimum Gasteiger partial charge on any atom is -0.399 e. The Labute approximate surface area is 121 Å². The Bertz CT molecular complexity index is 552. The van der Waals surface area contributed by atoms with Crippen LogP contribution in [0.2, 0.25) is 0 Å². The van der Waals surface area contributed by atoms with Gasteiger partial charge in [-0.25, -0.2) is 4.39 Å². The standard InChI is InChI=1S/C15H16BrFN2/c1-19(9-11-3-2-4-13(16)5-11)10-12-6-14(17)8-15(18)7-12/h2-8H,9-10,18H2,1H3. The van der Waals surface area contributed by atoms with Crippen molar-refractivity contribution in [1.29, 1.82) is 0 Å². The van der Waals surface area contributed by atoms with Crippen LogP contribution in [-0.4, -0.2) is 11.9 Å². The monoisotopic (exact) mass is 322 g/mol.